The molecule has 0 aliphatic carbocycles. The number of nitrogens with one attached hydrogen (secondary N) is 2. The fraction of sp³-hybridized carbons (Fsp3) is 1.00. The zero-order chi connectivity index (χ0) is 24.3. The summed E-state index contributed by atoms with van der Waals surface area (Å²) in [5.41, 5.74) is 0. The van der Waals surface area contributed by atoms with E-state index >= 15 is 0 Å². The smallest absolute Gasteiger partial charge is 0.377 e. The molecule has 0 saturated heterocycles. The molecule has 0 heterocycles. The summed E-state index contributed by atoms with van der Waals surface area (Å²) in [6.07, 6.45) is -0.0245. The summed E-state index contributed by atoms with van der Waals surface area (Å²) in [5, 5.41) is 6.34. The molecule has 190 valence electrons. The molecule has 0 aliphatic heterocycles. The topological polar surface area (TPSA) is 79.4 Å². The Labute approximate surface area is 194 Å². The van der Waals surface area contributed by atoms with Crippen molar-refractivity contribution in [1.82, 2.24) is 10.6 Å². The van der Waals surface area contributed by atoms with Crippen molar-refractivity contribution < 1.29 is 26.6 Å². The molecule has 0 aromatic rings. The molecule has 31 heavy (non-hydrogen) atoms. The first kappa shape index (κ1) is 33.3. The molecule has 0 radical (unpaired) electrons. The average molecular weight is 485 g/mol. The summed E-state index contributed by atoms with van der Waals surface area (Å²) in [6, 6.07) is 1.72. The second kappa shape index (κ2) is 19.6. The Morgan fingerprint density at radius 3 is 1.52 bits per heavy atom. The highest BCUT2D eigenvalue weighted by Gasteiger charge is 2.43. The van der Waals surface area contributed by atoms with E-state index in [4.69, 9.17) is 26.6 Å². The van der Waals surface area contributed by atoms with Crippen LogP contribution in [0.5, 0.6) is 0 Å². The Morgan fingerprint density at radius 2 is 1.16 bits per heavy atom. The maximum absolute atomic E-state index is 6.05. The molecule has 10 heteroatoms. The second-order valence-corrected chi connectivity index (χ2v) is 13.5. The quantitative estimate of drug-likeness (QED) is 0.171. The minimum Gasteiger partial charge on any atom is -0.377 e. The van der Waals surface area contributed by atoms with Crippen molar-refractivity contribution in [3.8, 4) is 0 Å². The van der Waals surface area contributed by atoms with Gasteiger partial charge in [0.2, 0.25) is 0 Å². The lowest BCUT2D eigenvalue weighted by molar-refractivity contribution is 0.0250. The zero-order valence-corrected chi connectivity index (χ0v) is 24.1. The van der Waals surface area contributed by atoms with Gasteiger partial charge in [0.25, 0.3) is 0 Å². The van der Waals surface area contributed by atoms with Crippen LogP contribution in [-0.2, 0) is 26.6 Å². The van der Waals surface area contributed by atoms with Crippen LogP contribution >= 0.6 is 0 Å². The highest BCUT2D eigenvalue weighted by atomic mass is 28.4. The minimum absolute atomic E-state index is 0.0245. The molecule has 2 N–H and O–H groups in total. The normalized spacial score (nSPS) is 13.5. The predicted octanol–water partition coefficient (Wildman–Crippen LogP) is 4.08. The van der Waals surface area contributed by atoms with E-state index in [1.54, 1.807) is 14.2 Å². The van der Waals surface area contributed by atoms with Gasteiger partial charge in [0.15, 0.2) is 0 Å². The summed E-state index contributed by atoms with van der Waals surface area (Å²) in [4.78, 5) is 0. The van der Waals surface area contributed by atoms with E-state index in [1.807, 2.05) is 27.7 Å². The third kappa shape index (κ3) is 16.4. The van der Waals surface area contributed by atoms with Crippen LogP contribution in [0.25, 0.3) is 0 Å². The van der Waals surface area contributed by atoms with Crippen LogP contribution in [0.3, 0.4) is 0 Å². The first-order chi connectivity index (χ1) is 14.6. The maximum atomic E-state index is 6.05. The molecule has 0 fully saturated rings. The van der Waals surface area contributed by atoms with Gasteiger partial charge in [-0.05, 0) is 45.7 Å². The fourth-order valence-electron chi connectivity index (χ4n) is 3.00. The van der Waals surface area contributed by atoms with Crippen LogP contribution in [0.2, 0.25) is 12.1 Å². The Balaban J connectivity index is 0. The summed E-state index contributed by atoms with van der Waals surface area (Å²) in [6.45, 7) is 22.2. The molecule has 0 rings (SSSR count). The largest absolute Gasteiger partial charge is 0.502 e. The molecule has 0 saturated carbocycles. The van der Waals surface area contributed by atoms with Gasteiger partial charge in [-0.2, -0.15) is 0 Å². The van der Waals surface area contributed by atoms with E-state index < -0.39 is 17.6 Å². The number of hydrogen-bond acceptors (Lipinski definition) is 8. The third-order valence-electron chi connectivity index (χ3n) is 4.16. The standard InChI is InChI=1S/C12H29NO3Si.C9H23NO3Si/c1-7-13-12(6)16-17(14-8-2,15-9-3)10-11(4)5;1-6-10-8-13-14(11-4,12-5)7-9(2)3/h11-13H,7-10H2,1-6H3;9-10H,6-8H2,1-5H3. The van der Waals surface area contributed by atoms with Crippen molar-refractivity contribution in [2.24, 2.45) is 11.8 Å². The van der Waals surface area contributed by atoms with Crippen molar-refractivity contribution in [3.63, 3.8) is 0 Å². The lowest BCUT2D eigenvalue weighted by Gasteiger charge is -2.33. The van der Waals surface area contributed by atoms with Gasteiger partial charge in [-0.25, -0.2) is 0 Å². The lowest BCUT2D eigenvalue weighted by atomic mass is 10.3. The van der Waals surface area contributed by atoms with Crippen LogP contribution in [-0.4, -0.2) is 71.1 Å². The van der Waals surface area contributed by atoms with Crippen molar-refractivity contribution in [3.05, 3.63) is 0 Å². The molecule has 0 spiro atoms. The number of rotatable bonds is 18. The summed E-state index contributed by atoms with van der Waals surface area (Å²) < 4.78 is 34.2. The van der Waals surface area contributed by atoms with E-state index in [0.717, 1.165) is 25.2 Å². The van der Waals surface area contributed by atoms with E-state index in [9.17, 15) is 0 Å². The second-order valence-electron chi connectivity index (χ2n) is 8.05. The lowest BCUT2D eigenvalue weighted by Crippen LogP contribution is -2.51. The molecule has 0 aromatic heterocycles. The molecule has 0 bridgehead atoms. The van der Waals surface area contributed by atoms with Gasteiger partial charge >= 0.3 is 17.6 Å². The van der Waals surface area contributed by atoms with Crippen LogP contribution in [0.1, 0.15) is 62.3 Å². The highest BCUT2D eigenvalue weighted by molar-refractivity contribution is 6.61. The summed E-state index contributed by atoms with van der Waals surface area (Å²) >= 11 is 0. The molecule has 0 aliphatic rings. The van der Waals surface area contributed by atoms with Crippen LogP contribution in [0.15, 0.2) is 0 Å². The maximum Gasteiger partial charge on any atom is 0.502 e. The van der Waals surface area contributed by atoms with Gasteiger partial charge in [0, 0.05) is 39.5 Å². The van der Waals surface area contributed by atoms with E-state index in [-0.39, 0.29) is 6.23 Å². The molecule has 1 atom stereocenters. The van der Waals surface area contributed by atoms with Crippen molar-refractivity contribution in [1.29, 1.82) is 0 Å². The predicted molar refractivity (Wildman–Crippen MR) is 132 cm³/mol. The molecular formula is C21H52N2O6Si2. The van der Waals surface area contributed by atoms with Crippen LogP contribution in [0, 0.1) is 11.8 Å². The van der Waals surface area contributed by atoms with Gasteiger partial charge in [-0.15, -0.1) is 0 Å². The fourth-order valence-corrected chi connectivity index (χ4v) is 8.23. The molecule has 1 unspecified atom stereocenters. The first-order valence-electron chi connectivity index (χ1n) is 11.7. The first-order valence-corrected chi connectivity index (χ1v) is 15.6. The monoisotopic (exact) mass is 484 g/mol. The van der Waals surface area contributed by atoms with Gasteiger partial charge in [-0.1, -0.05) is 41.5 Å². The van der Waals surface area contributed by atoms with E-state index in [0.29, 0.717) is 31.8 Å². The summed E-state index contributed by atoms with van der Waals surface area (Å²) in [7, 11) is -1.61. The van der Waals surface area contributed by atoms with Gasteiger partial charge in [-0.3, -0.25) is 10.6 Å². The van der Waals surface area contributed by atoms with Crippen molar-refractivity contribution in [2.45, 2.75) is 80.6 Å². The molecule has 0 aromatic carbocycles. The Hall–Kier alpha value is 0.114. The van der Waals surface area contributed by atoms with Crippen molar-refractivity contribution in [2.75, 3.05) is 47.3 Å². The Kier molecular flexibility index (Phi) is 21.0. The van der Waals surface area contributed by atoms with Crippen molar-refractivity contribution >= 4 is 17.6 Å². The Bertz CT molecular complexity index is 396. The van der Waals surface area contributed by atoms with Gasteiger partial charge in [0.05, 0.1) is 13.0 Å². The molecule has 0 amide bonds. The van der Waals surface area contributed by atoms with Crippen LogP contribution in [0.4, 0.5) is 0 Å². The molecular weight excluding hydrogens is 432 g/mol. The zero-order valence-electron chi connectivity index (χ0n) is 22.1. The average Bonchev–Trinajstić information content (AvgIpc) is 2.67. The summed E-state index contributed by atoms with van der Waals surface area (Å²) in [5.74, 6) is 1.02. The number of hydrogen-bond donors (Lipinski definition) is 2. The third-order valence-corrected chi connectivity index (χ3v) is 10.8. The minimum atomic E-state index is -2.52. The van der Waals surface area contributed by atoms with Crippen LogP contribution < -0.4 is 10.6 Å². The van der Waals surface area contributed by atoms with Gasteiger partial charge in [0.1, 0.15) is 0 Å². The highest BCUT2D eigenvalue weighted by Crippen LogP contribution is 2.22. The van der Waals surface area contributed by atoms with E-state index in [1.165, 1.54) is 0 Å². The van der Waals surface area contributed by atoms with E-state index in [2.05, 4.69) is 45.3 Å². The SMILES string of the molecule is CCNC(C)O[Si](CC(C)C)(OCC)OCC.CCNCO[Si](CC(C)C)(OC)OC. The Morgan fingerprint density at radius 1 is 0.677 bits per heavy atom. The van der Waals surface area contributed by atoms with Gasteiger partial charge < -0.3 is 26.6 Å². The molecule has 8 nitrogen and oxygen atoms in total.